The molecule has 0 aromatic heterocycles. The Morgan fingerprint density at radius 1 is 1.10 bits per heavy atom. The van der Waals surface area contributed by atoms with Gasteiger partial charge in [0.1, 0.15) is 12.4 Å². The zero-order valence-corrected chi connectivity index (χ0v) is 12.2. The van der Waals surface area contributed by atoms with E-state index in [1.54, 1.807) is 12.1 Å². The molecule has 0 radical (unpaired) electrons. The quantitative estimate of drug-likeness (QED) is 0.858. The van der Waals surface area contributed by atoms with Gasteiger partial charge in [-0.25, -0.2) is 4.79 Å². The molecule has 0 aliphatic heterocycles. The fourth-order valence-electron chi connectivity index (χ4n) is 1.89. The van der Waals surface area contributed by atoms with E-state index in [2.05, 4.69) is 4.74 Å². The van der Waals surface area contributed by atoms with Crippen molar-refractivity contribution in [1.29, 1.82) is 0 Å². The third-order valence-corrected chi connectivity index (χ3v) is 3.19. The molecule has 0 amide bonds. The fraction of sp³-hybridized carbons (Fsp3) is 0.235. The number of hydrogen-bond acceptors (Lipinski definition) is 4. The molecule has 0 aliphatic carbocycles. The summed E-state index contributed by atoms with van der Waals surface area (Å²) >= 11 is 0. The van der Waals surface area contributed by atoms with E-state index in [9.17, 15) is 4.79 Å². The van der Waals surface area contributed by atoms with Crippen molar-refractivity contribution in [1.82, 2.24) is 0 Å². The Hall–Kier alpha value is -2.33. The number of hydrogen-bond donors (Lipinski definition) is 1. The summed E-state index contributed by atoms with van der Waals surface area (Å²) < 4.78 is 10.4. The summed E-state index contributed by atoms with van der Waals surface area (Å²) in [6.07, 6.45) is 0. The van der Waals surface area contributed by atoms with Crippen LogP contribution in [0.15, 0.2) is 48.5 Å². The predicted molar refractivity (Wildman–Crippen MR) is 81.2 cm³/mol. The highest BCUT2D eigenvalue weighted by Gasteiger charge is 2.05. The van der Waals surface area contributed by atoms with Crippen LogP contribution in [0, 0.1) is 0 Å². The molecule has 4 heteroatoms. The first kappa shape index (κ1) is 15.1. The highest BCUT2D eigenvalue weighted by atomic mass is 16.5. The van der Waals surface area contributed by atoms with Gasteiger partial charge in [0.05, 0.1) is 12.7 Å². The summed E-state index contributed by atoms with van der Waals surface area (Å²) in [6, 6.07) is 14.9. The van der Waals surface area contributed by atoms with Crippen LogP contribution in [0.4, 0.5) is 0 Å². The zero-order valence-electron chi connectivity index (χ0n) is 12.2. The van der Waals surface area contributed by atoms with Gasteiger partial charge in [0.25, 0.3) is 0 Å². The Bertz CT molecular complexity index is 588. The van der Waals surface area contributed by atoms with Gasteiger partial charge in [0.15, 0.2) is 0 Å². The zero-order chi connectivity index (χ0) is 15.2. The Labute approximate surface area is 124 Å². The van der Waals surface area contributed by atoms with Gasteiger partial charge in [-0.1, -0.05) is 24.3 Å². The van der Waals surface area contributed by atoms with Crippen molar-refractivity contribution in [2.75, 3.05) is 7.11 Å². The lowest BCUT2D eigenvalue weighted by Gasteiger charge is -2.09. The normalized spacial score (nSPS) is 11.8. The van der Waals surface area contributed by atoms with Gasteiger partial charge in [0, 0.05) is 6.04 Å². The largest absolute Gasteiger partial charge is 0.489 e. The van der Waals surface area contributed by atoms with E-state index in [0.717, 1.165) is 16.9 Å². The minimum atomic E-state index is -0.339. The molecule has 2 aromatic carbocycles. The van der Waals surface area contributed by atoms with Gasteiger partial charge in [-0.05, 0) is 42.3 Å². The SMILES string of the molecule is COC(=O)c1ccc(COc2ccc([C@@H](C)N)cc2)cc1. The molecule has 0 bridgehead atoms. The molecule has 2 rings (SSSR count). The monoisotopic (exact) mass is 285 g/mol. The molecule has 4 nitrogen and oxygen atoms in total. The summed E-state index contributed by atoms with van der Waals surface area (Å²) in [5.74, 6) is 0.449. The molecule has 1 atom stereocenters. The van der Waals surface area contributed by atoms with Crippen LogP contribution in [-0.2, 0) is 11.3 Å². The standard InChI is InChI=1S/C17H19NO3/c1-12(18)14-7-9-16(10-8-14)21-11-13-3-5-15(6-4-13)17(19)20-2/h3-10,12H,11,18H2,1-2H3/t12-/m1/s1. The summed E-state index contributed by atoms with van der Waals surface area (Å²) in [7, 11) is 1.37. The maximum Gasteiger partial charge on any atom is 0.337 e. The van der Waals surface area contributed by atoms with Crippen LogP contribution in [0.2, 0.25) is 0 Å². The van der Waals surface area contributed by atoms with Crippen LogP contribution >= 0.6 is 0 Å². The summed E-state index contributed by atoms with van der Waals surface area (Å²) in [5.41, 5.74) is 8.39. The van der Waals surface area contributed by atoms with E-state index in [-0.39, 0.29) is 12.0 Å². The maximum atomic E-state index is 11.3. The lowest BCUT2D eigenvalue weighted by molar-refractivity contribution is 0.0600. The second-order valence-electron chi connectivity index (χ2n) is 4.83. The number of esters is 1. The number of carbonyl (C=O) groups is 1. The average molecular weight is 285 g/mol. The van der Waals surface area contributed by atoms with Crippen LogP contribution in [0.5, 0.6) is 5.75 Å². The van der Waals surface area contributed by atoms with Crippen molar-refractivity contribution >= 4 is 5.97 Å². The van der Waals surface area contributed by atoms with Crippen LogP contribution < -0.4 is 10.5 Å². The highest BCUT2D eigenvalue weighted by Crippen LogP contribution is 2.17. The molecule has 0 spiro atoms. The van der Waals surface area contributed by atoms with Crippen LogP contribution in [0.25, 0.3) is 0 Å². The molecular formula is C17H19NO3. The van der Waals surface area contributed by atoms with Crippen molar-refractivity contribution in [2.45, 2.75) is 19.6 Å². The van der Waals surface area contributed by atoms with E-state index in [4.69, 9.17) is 10.5 Å². The van der Waals surface area contributed by atoms with Crippen LogP contribution in [-0.4, -0.2) is 13.1 Å². The second-order valence-corrected chi connectivity index (χ2v) is 4.83. The molecule has 21 heavy (non-hydrogen) atoms. The predicted octanol–water partition coefficient (Wildman–Crippen LogP) is 3.07. The number of ether oxygens (including phenoxy) is 2. The Morgan fingerprint density at radius 3 is 2.24 bits per heavy atom. The number of benzene rings is 2. The molecule has 0 saturated carbocycles. The molecule has 2 aromatic rings. The van der Waals surface area contributed by atoms with Crippen molar-refractivity contribution in [3.8, 4) is 5.75 Å². The van der Waals surface area contributed by atoms with Gasteiger partial charge in [0.2, 0.25) is 0 Å². The van der Waals surface area contributed by atoms with Gasteiger partial charge in [-0.3, -0.25) is 0 Å². The van der Waals surface area contributed by atoms with Gasteiger partial charge in [-0.2, -0.15) is 0 Å². The average Bonchev–Trinajstić information content (AvgIpc) is 2.53. The van der Waals surface area contributed by atoms with Crippen LogP contribution in [0.1, 0.15) is 34.5 Å². The number of methoxy groups -OCH3 is 1. The molecule has 0 saturated heterocycles. The molecule has 0 heterocycles. The molecule has 2 N–H and O–H groups in total. The van der Waals surface area contributed by atoms with E-state index in [0.29, 0.717) is 12.2 Å². The van der Waals surface area contributed by atoms with E-state index in [1.165, 1.54) is 7.11 Å². The van der Waals surface area contributed by atoms with Gasteiger partial charge in [-0.15, -0.1) is 0 Å². The first-order valence-corrected chi connectivity index (χ1v) is 6.75. The van der Waals surface area contributed by atoms with Gasteiger partial charge < -0.3 is 15.2 Å². The molecule has 110 valence electrons. The van der Waals surface area contributed by atoms with Crippen molar-refractivity contribution in [2.24, 2.45) is 5.73 Å². The number of rotatable bonds is 5. The van der Waals surface area contributed by atoms with E-state index >= 15 is 0 Å². The third kappa shape index (κ3) is 4.07. The van der Waals surface area contributed by atoms with Crippen molar-refractivity contribution < 1.29 is 14.3 Å². The minimum Gasteiger partial charge on any atom is -0.489 e. The third-order valence-electron chi connectivity index (χ3n) is 3.19. The lowest BCUT2D eigenvalue weighted by Crippen LogP contribution is -2.04. The Balaban J connectivity index is 1.95. The lowest BCUT2D eigenvalue weighted by atomic mass is 10.1. The first-order chi connectivity index (χ1) is 10.1. The van der Waals surface area contributed by atoms with Crippen molar-refractivity contribution in [3.63, 3.8) is 0 Å². The summed E-state index contributed by atoms with van der Waals surface area (Å²) in [4.78, 5) is 11.3. The molecular weight excluding hydrogens is 266 g/mol. The second kappa shape index (κ2) is 6.90. The molecule has 0 fully saturated rings. The van der Waals surface area contributed by atoms with E-state index in [1.807, 2.05) is 43.3 Å². The topological polar surface area (TPSA) is 61.5 Å². The molecule has 0 aliphatic rings. The molecule has 0 unspecified atom stereocenters. The Kier molecular flexibility index (Phi) is 4.95. The van der Waals surface area contributed by atoms with Crippen LogP contribution in [0.3, 0.4) is 0 Å². The fourth-order valence-corrected chi connectivity index (χ4v) is 1.89. The summed E-state index contributed by atoms with van der Waals surface area (Å²) in [5, 5.41) is 0. The smallest absolute Gasteiger partial charge is 0.337 e. The Morgan fingerprint density at radius 2 is 1.71 bits per heavy atom. The minimum absolute atomic E-state index is 0.0184. The van der Waals surface area contributed by atoms with E-state index < -0.39 is 0 Å². The number of carbonyl (C=O) groups excluding carboxylic acids is 1. The first-order valence-electron chi connectivity index (χ1n) is 6.75. The van der Waals surface area contributed by atoms with Crippen molar-refractivity contribution in [3.05, 3.63) is 65.2 Å². The number of nitrogens with two attached hydrogens (primary N) is 1. The highest BCUT2D eigenvalue weighted by molar-refractivity contribution is 5.89. The van der Waals surface area contributed by atoms with Gasteiger partial charge >= 0.3 is 5.97 Å². The maximum absolute atomic E-state index is 11.3. The summed E-state index contributed by atoms with van der Waals surface area (Å²) in [6.45, 7) is 2.39.